The van der Waals surface area contributed by atoms with Crippen LogP contribution in [0.25, 0.3) is 0 Å². The van der Waals surface area contributed by atoms with Crippen LogP contribution in [0.5, 0.6) is 5.75 Å². The number of nitrogens with two attached hydrogens (primary N) is 1. The van der Waals surface area contributed by atoms with Gasteiger partial charge in [-0.15, -0.1) is 12.4 Å². The SMILES string of the molecule is Cl.NC1C2CCCC1CC(C(=O)Nc1ccc3c(c1)CCCO3)C2. The largest absolute Gasteiger partial charge is 0.493 e. The van der Waals surface area contributed by atoms with E-state index in [9.17, 15) is 4.79 Å². The lowest BCUT2D eigenvalue weighted by atomic mass is 9.65. The molecule has 2 atom stereocenters. The molecule has 132 valence electrons. The molecule has 1 amide bonds. The van der Waals surface area contributed by atoms with Crippen molar-refractivity contribution in [2.24, 2.45) is 23.5 Å². The van der Waals surface area contributed by atoms with Gasteiger partial charge in [0, 0.05) is 17.6 Å². The van der Waals surface area contributed by atoms with E-state index in [1.807, 2.05) is 12.1 Å². The molecule has 2 aliphatic carbocycles. The van der Waals surface area contributed by atoms with Crippen LogP contribution in [-0.4, -0.2) is 18.6 Å². The first kappa shape index (κ1) is 17.6. The number of ether oxygens (including phenoxy) is 1. The van der Waals surface area contributed by atoms with E-state index in [-0.39, 0.29) is 24.2 Å². The molecule has 4 nitrogen and oxygen atoms in total. The van der Waals surface area contributed by atoms with Crippen LogP contribution < -0.4 is 15.8 Å². The lowest BCUT2D eigenvalue weighted by Gasteiger charge is -2.43. The summed E-state index contributed by atoms with van der Waals surface area (Å²) in [6, 6.07) is 6.32. The van der Waals surface area contributed by atoms with E-state index in [1.54, 1.807) is 0 Å². The summed E-state index contributed by atoms with van der Waals surface area (Å²) >= 11 is 0. The fourth-order valence-corrected chi connectivity index (χ4v) is 4.69. The van der Waals surface area contributed by atoms with Gasteiger partial charge in [0.05, 0.1) is 6.61 Å². The summed E-state index contributed by atoms with van der Waals surface area (Å²) < 4.78 is 5.64. The topological polar surface area (TPSA) is 64.4 Å². The van der Waals surface area contributed by atoms with Crippen LogP contribution in [0.15, 0.2) is 18.2 Å². The zero-order valence-electron chi connectivity index (χ0n) is 14.0. The number of amides is 1. The average molecular weight is 351 g/mol. The Morgan fingerprint density at radius 2 is 1.92 bits per heavy atom. The molecule has 2 bridgehead atoms. The van der Waals surface area contributed by atoms with Crippen molar-refractivity contribution < 1.29 is 9.53 Å². The third kappa shape index (κ3) is 3.40. The number of fused-ring (bicyclic) bond motifs is 3. The third-order valence-electron chi connectivity index (χ3n) is 5.96. The molecule has 2 fully saturated rings. The molecule has 0 radical (unpaired) electrons. The molecule has 1 heterocycles. The Morgan fingerprint density at radius 3 is 2.67 bits per heavy atom. The average Bonchev–Trinajstić information content (AvgIpc) is 2.54. The number of halogens is 1. The molecule has 3 N–H and O–H groups in total. The Morgan fingerprint density at radius 1 is 1.17 bits per heavy atom. The van der Waals surface area contributed by atoms with Gasteiger partial charge in [0.15, 0.2) is 0 Å². The molecule has 3 aliphatic rings. The highest BCUT2D eigenvalue weighted by Gasteiger charge is 2.40. The summed E-state index contributed by atoms with van der Waals surface area (Å²) in [5.41, 5.74) is 8.44. The number of nitrogens with one attached hydrogen (secondary N) is 1. The summed E-state index contributed by atoms with van der Waals surface area (Å²) in [4.78, 5) is 12.7. The molecule has 1 aromatic carbocycles. The van der Waals surface area contributed by atoms with Crippen molar-refractivity contribution in [3.8, 4) is 5.75 Å². The minimum absolute atomic E-state index is 0. The smallest absolute Gasteiger partial charge is 0.227 e. The monoisotopic (exact) mass is 350 g/mol. The molecule has 5 heteroatoms. The van der Waals surface area contributed by atoms with Crippen molar-refractivity contribution in [2.75, 3.05) is 11.9 Å². The first-order chi connectivity index (χ1) is 11.2. The molecule has 2 saturated carbocycles. The number of hydrogen-bond donors (Lipinski definition) is 2. The highest BCUT2D eigenvalue weighted by atomic mass is 35.5. The Labute approximate surface area is 149 Å². The summed E-state index contributed by atoms with van der Waals surface area (Å²) in [6.45, 7) is 0.795. The highest BCUT2D eigenvalue weighted by Crippen LogP contribution is 2.42. The number of hydrogen-bond acceptors (Lipinski definition) is 3. The van der Waals surface area contributed by atoms with Crippen LogP contribution in [0.2, 0.25) is 0 Å². The van der Waals surface area contributed by atoms with Gasteiger partial charge < -0.3 is 15.8 Å². The second kappa shape index (κ2) is 7.32. The van der Waals surface area contributed by atoms with Gasteiger partial charge in [0.25, 0.3) is 0 Å². The molecular formula is C19H27ClN2O2. The Balaban J connectivity index is 0.00000169. The van der Waals surface area contributed by atoms with E-state index >= 15 is 0 Å². The van der Waals surface area contributed by atoms with Crippen molar-refractivity contribution in [1.29, 1.82) is 0 Å². The molecule has 0 saturated heterocycles. The second-order valence-corrected chi connectivity index (χ2v) is 7.46. The van der Waals surface area contributed by atoms with E-state index in [0.29, 0.717) is 17.9 Å². The first-order valence-corrected chi connectivity index (χ1v) is 9.03. The predicted molar refractivity (Wildman–Crippen MR) is 97.7 cm³/mol. The Kier molecular flexibility index (Phi) is 5.36. The summed E-state index contributed by atoms with van der Waals surface area (Å²) in [6.07, 6.45) is 7.66. The lowest BCUT2D eigenvalue weighted by molar-refractivity contribution is -0.122. The van der Waals surface area contributed by atoms with Crippen molar-refractivity contribution in [3.05, 3.63) is 23.8 Å². The number of carbonyl (C=O) groups excluding carboxylic acids is 1. The van der Waals surface area contributed by atoms with Crippen molar-refractivity contribution >= 4 is 24.0 Å². The quantitative estimate of drug-likeness (QED) is 0.857. The summed E-state index contributed by atoms with van der Waals surface area (Å²) in [5.74, 6) is 2.33. The Bertz CT molecular complexity index is 593. The summed E-state index contributed by atoms with van der Waals surface area (Å²) in [5, 5.41) is 3.13. The van der Waals surface area contributed by atoms with Gasteiger partial charge in [-0.3, -0.25) is 4.79 Å². The third-order valence-corrected chi connectivity index (χ3v) is 5.96. The fourth-order valence-electron chi connectivity index (χ4n) is 4.69. The predicted octanol–water partition coefficient (Wildman–Crippen LogP) is 3.53. The maximum absolute atomic E-state index is 12.7. The van der Waals surface area contributed by atoms with Crippen LogP contribution in [0.4, 0.5) is 5.69 Å². The molecule has 0 spiro atoms. The molecule has 24 heavy (non-hydrogen) atoms. The van der Waals surface area contributed by atoms with Crippen molar-refractivity contribution in [2.45, 2.75) is 51.0 Å². The van der Waals surface area contributed by atoms with E-state index in [1.165, 1.54) is 24.8 Å². The lowest BCUT2D eigenvalue weighted by Crippen LogP contribution is -2.48. The zero-order valence-corrected chi connectivity index (χ0v) is 14.8. The van der Waals surface area contributed by atoms with Crippen LogP contribution in [0.3, 0.4) is 0 Å². The number of aryl methyl sites for hydroxylation is 1. The number of rotatable bonds is 2. The molecule has 0 aromatic heterocycles. The summed E-state index contributed by atoms with van der Waals surface area (Å²) in [7, 11) is 0. The van der Waals surface area contributed by atoms with Gasteiger partial charge in [0.2, 0.25) is 5.91 Å². The van der Waals surface area contributed by atoms with E-state index in [4.69, 9.17) is 10.5 Å². The maximum Gasteiger partial charge on any atom is 0.227 e. The van der Waals surface area contributed by atoms with Gasteiger partial charge in [0.1, 0.15) is 5.75 Å². The van der Waals surface area contributed by atoms with E-state index in [0.717, 1.165) is 43.7 Å². The van der Waals surface area contributed by atoms with Crippen LogP contribution in [-0.2, 0) is 11.2 Å². The van der Waals surface area contributed by atoms with Crippen LogP contribution >= 0.6 is 12.4 Å². The zero-order chi connectivity index (χ0) is 15.8. The molecule has 4 rings (SSSR count). The highest BCUT2D eigenvalue weighted by molar-refractivity contribution is 5.92. The number of benzene rings is 1. The number of anilines is 1. The van der Waals surface area contributed by atoms with Crippen LogP contribution in [0, 0.1) is 17.8 Å². The molecular weight excluding hydrogens is 324 g/mol. The fraction of sp³-hybridized carbons (Fsp3) is 0.632. The maximum atomic E-state index is 12.7. The van der Waals surface area contributed by atoms with Crippen LogP contribution in [0.1, 0.15) is 44.1 Å². The van der Waals surface area contributed by atoms with Gasteiger partial charge in [-0.2, -0.15) is 0 Å². The normalized spacial score (nSPS) is 31.2. The molecule has 1 aliphatic heterocycles. The van der Waals surface area contributed by atoms with Gasteiger partial charge in [-0.05, 0) is 74.1 Å². The van der Waals surface area contributed by atoms with E-state index in [2.05, 4.69) is 11.4 Å². The van der Waals surface area contributed by atoms with Gasteiger partial charge in [-0.1, -0.05) is 6.42 Å². The second-order valence-electron chi connectivity index (χ2n) is 7.46. The number of carbonyl (C=O) groups is 1. The van der Waals surface area contributed by atoms with Crippen molar-refractivity contribution in [3.63, 3.8) is 0 Å². The minimum atomic E-state index is 0. The van der Waals surface area contributed by atoms with E-state index < -0.39 is 0 Å². The first-order valence-electron chi connectivity index (χ1n) is 9.03. The van der Waals surface area contributed by atoms with Crippen molar-refractivity contribution in [1.82, 2.24) is 0 Å². The molecule has 1 aromatic rings. The Hall–Kier alpha value is -1.26. The minimum Gasteiger partial charge on any atom is -0.493 e. The van der Waals surface area contributed by atoms with Gasteiger partial charge >= 0.3 is 0 Å². The molecule has 2 unspecified atom stereocenters. The van der Waals surface area contributed by atoms with Gasteiger partial charge in [-0.25, -0.2) is 0 Å². The standard InChI is InChI=1S/C19H26N2O2.ClH/c20-18-13-3-1-4-14(18)10-15(9-13)19(22)21-16-6-7-17-12(11-16)5-2-8-23-17;/h6-7,11,13-15,18H,1-5,8-10,20H2,(H,21,22);1H.